The molecule has 1 saturated carbocycles. The molecule has 3 rings (SSSR count). The number of hydrogen-bond acceptors (Lipinski definition) is 3. The van der Waals surface area contributed by atoms with Crippen LogP contribution < -0.4 is 5.32 Å². The van der Waals surface area contributed by atoms with Gasteiger partial charge in [-0.3, -0.25) is 19.3 Å². The molecule has 6 heteroatoms. The zero-order valence-corrected chi connectivity index (χ0v) is 13.7. The number of nitrogens with zero attached hydrogens (tertiary/aromatic N) is 1. The van der Waals surface area contributed by atoms with Gasteiger partial charge in [0.15, 0.2) is 0 Å². The summed E-state index contributed by atoms with van der Waals surface area (Å²) in [5.74, 6) is -1.22. The Labute approximate surface area is 140 Å². The Balaban J connectivity index is 1.69. The Hall–Kier alpha value is -1.88. The molecule has 0 unspecified atom stereocenters. The number of imide groups is 1. The molecule has 2 fully saturated rings. The predicted molar refractivity (Wildman–Crippen MR) is 87.0 cm³/mol. The van der Waals surface area contributed by atoms with Crippen LogP contribution in [0.1, 0.15) is 31.2 Å². The number of halogens is 1. The van der Waals surface area contributed by atoms with Gasteiger partial charge in [-0.05, 0) is 37.5 Å². The van der Waals surface area contributed by atoms with Crippen molar-refractivity contribution >= 4 is 35.0 Å². The summed E-state index contributed by atoms with van der Waals surface area (Å²) in [6.07, 6.45) is 3.45. The number of hydrogen-bond donors (Lipinski definition) is 1. The van der Waals surface area contributed by atoms with Crippen LogP contribution in [0.4, 0.5) is 5.69 Å². The molecule has 5 nitrogen and oxygen atoms in total. The SMILES string of the molecule is Cc1c(Cl)cccc1NC(=O)CN1C(=O)[C@H]2CCCC[C@H]2C1=O. The topological polar surface area (TPSA) is 66.5 Å². The number of carbonyl (C=O) groups is 3. The summed E-state index contributed by atoms with van der Waals surface area (Å²) < 4.78 is 0. The van der Waals surface area contributed by atoms with Crippen molar-refractivity contribution in [1.29, 1.82) is 0 Å². The molecule has 1 N–H and O–H groups in total. The van der Waals surface area contributed by atoms with Crippen LogP contribution in [0.2, 0.25) is 5.02 Å². The average Bonchev–Trinajstić information content (AvgIpc) is 2.77. The fourth-order valence-corrected chi connectivity index (χ4v) is 3.64. The summed E-state index contributed by atoms with van der Waals surface area (Å²) in [7, 11) is 0. The first-order valence-electron chi connectivity index (χ1n) is 7.89. The van der Waals surface area contributed by atoms with E-state index in [-0.39, 0.29) is 36.1 Å². The van der Waals surface area contributed by atoms with Crippen LogP contribution in [0.25, 0.3) is 0 Å². The summed E-state index contributed by atoms with van der Waals surface area (Å²) in [6, 6.07) is 5.23. The summed E-state index contributed by atoms with van der Waals surface area (Å²) in [4.78, 5) is 38.1. The van der Waals surface area contributed by atoms with E-state index in [1.165, 1.54) is 0 Å². The molecule has 0 bridgehead atoms. The average molecular weight is 335 g/mol. The van der Waals surface area contributed by atoms with E-state index in [1.807, 2.05) is 0 Å². The molecule has 122 valence electrons. The van der Waals surface area contributed by atoms with Crippen molar-refractivity contribution in [2.24, 2.45) is 11.8 Å². The van der Waals surface area contributed by atoms with Crippen molar-refractivity contribution in [3.8, 4) is 0 Å². The molecule has 1 aliphatic heterocycles. The van der Waals surface area contributed by atoms with Crippen molar-refractivity contribution < 1.29 is 14.4 Å². The minimum Gasteiger partial charge on any atom is -0.324 e. The summed E-state index contributed by atoms with van der Waals surface area (Å²) in [6.45, 7) is 1.58. The van der Waals surface area contributed by atoms with Gasteiger partial charge in [-0.2, -0.15) is 0 Å². The van der Waals surface area contributed by atoms with Gasteiger partial charge in [0.2, 0.25) is 17.7 Å². The highest BCUT2D eigenvalue weighted by atomic mass is 35.5. The van der Waals surface area contributed by atoms with E-state index >= 15 is 0 Å². The van der Waals surface area contributed by atoms with E-state index in [9.17, 15) is 14.4 Å². The normalized spacial score (nSPS) is 23.8. The molecule has 1 heterocycles. The first-order chi connectivity index (χ1) is 11.0. The Morgan fingerprint density at radius 1 is 1.22 bits per heavy atom. The maximum absolute atomic E-state index is 12.4. The van der Waals surface area contributed by atoms with E-state index in [2.05, 4.69) is 5.32 Å². The van der Waals surface area contributed by atoms with Crippen molar-refractivity contribution in [1.82, 2.24) is 4.90 Å². The van der Waals surface area contributed by atoms with Crippen LogP contribution >= 0.6 is 11.6 Å². The van der Waals surface area contributed by atoms with Crippen molar-refractivity contribution in [2.45, 2.75) is 32.6 Å². The lowest BCUT2D eigenvalue weighted by Gasteiger charge is -2.19. The number of rotatable bonds is 3. The van der Waals surface area contributed by atoms with Crippen LogP contribution in [0, 0.1) is 18.8 Å². The van der Waals surface area contributed by atoms with Crippen LogP contribution in [0.15, 0.2) is 18.2 Å². The van der Waals surface area contributed by atoms with Crippen LogP contribution in [0.3, 0.4) is 0 Å². The first-order valence-corrected chi connectivity index (χ1v) is 8.27. The van der Waals surface area contributed by atoms with E-state index in [0.717, 1.165) is 36.1 Å². The maximum Gasteiger partial charge on any atom is 0.244 e. The molecule has 2 atom stereocenters. The van der Waals surface area contributed by atoms with Crippen molar-refractivity contribution in [3.05, 3.63) is 28.8 Å². The van der Waals surface area contributed by atoms with Gasteiger partial charge < -0.3 is 5.32 Å². The Kier molecular flexibility index (Phi) is 4.39. The molecule has 0 aromatic heterocycles. The summed E-state index contributed by atoms with van der Waals surface area (Å²) in [5.41, 5.74) is 1.36. The summed E-state index contributed by atoms with van der Waals surface area (Å²) >= 11 is 6.03. The Morgan fingerprint density at radius 2 is 1.83 bits per heavy atom. The van der Waals surface area contributed by atoms with Gasteiger partial charge in [-0.1, -0.05) is 30.5 Å². The van der Waals surface area contributed by atoms with Gasteiger partial charge >= 0.3 is 0 Å². The second-order valence-corrected chi connectivity index (χ2v) is 6.63. The lowest BCUT2D eigenvalue weighted by molar-refractivity contribution is -0.142. The third-order valence-corrected chi connectivity index (χ3v) is 5.19. The smallest absolute Gasteiger partial charge is 0.244 e. The largest absolute Gasteiger partial charge is 0.324 e. The molecular formula is C17H19ClN2O3. The van der Waals surface area contributed by atoms with Gasteiger partial charge in [0.1, 0.15) is 6.54 Å². The van der Waals surface area contributed by atoms with E-state index in [0.29, 0.717) is 10.7 Å². The molecule has 1 aromatic rings. The number of carbonyl (C=O) groups excluding carboxylic acids is 3. The molecule has 1 aromatic carbocycles. The lowest BCUT2D eigenvalue weighted by Crippen LogP contribution is -2.38. The highest BCUT2D eigenvalue weighted by Gasteiger charge is 2.48. The van der Waals surface area contributed by atoms with Crippen LogP contribution in [-0.4, -0.2) is 29.2 Å². The van der Waals surface area contributed by atoms with Gasteiger partial charge in [0, 0.05) is 10.7 Å². The van der Waals surface area contributed by atoms with Gasteiger partial charge in [-0.25, -0.2) is 0 Å². The number of fused-ring (bicyclic) bond motifs is 1. The molecule has 3 amide bonds. The third kappa shape index (κ3) is 2.98. The number of amides is 3. The molecule has 0 radical (unpaired) electrons. The van der Waals surface area contributed by atoms with Gasteiger partial charge in [0.25, 0.3) is 0 Å². The minimum atomic E-state index is -0.379. The summed E-state index contributed by atoms with van der Waals surface area (Å²) in [5, 5.41) is 3.29. The predicted octanol–water partition coefficient (Wildman–Crippen LogP) is 2.76. The Bertz CT molecular complexity index is 650. The maximum atomic E-state index is 12.4. The van der Waals surface area contributed by atoms with E-state index in [4.69, 9.17) is 11.6 Å². The molecule has 23 heavy (non-hydrogen) atoms. The zero-order valence-electron chi connectivity index (χ0n) is 13.0. The Morgan fingerprint density at radius 3 is 2.43 bits per heavy atom. The van der Waals surface area contributed by atoms with Gasteiger partial charge in [-0.15, -0.1) is 0 Å². The highest BCUT2D eigenvalue weighted by molar-refractivity contribution is 6.31. The van der Waals surface area contributed by atoms with Crippen LogP contribution in [-0.2, 0) is 14.4 Å². The molecule has 1 aliphatic carbocycles. The monoisotopic (exact) mass is 334 g/mol. The lowest BCUT2D eigenvalue weighted by atomic mass is 9.81. The second-order valence-electron chi connectivity index (χ2n) is 6.22. The van der Waals surface area contributed by atoms with Crippen molar-refractivity contribution in [2.75, 3.05) is 11.9 Å². The van der Waals surface area contributed by atoms with Gasteiger partial charge in [0.05, 0.1) is 11.8 Å². The number of likely N-dealkylation sites (tertiary alicyclic amines) is 1. The highest BCUT2D eigenvalue weighted by Crippen LogP contribution is 2.37. The van der Waals surface area contributed by atoms with Crippen LogP contribution in [0.5, 0.6) is 0 Å². The molecule has 1 saturated heterocycles. The fraction of sp³-hybridized carbons (Fsp3) is 0.471. The zero-order chi connectivity index (χ0) is 16.6. The third-order valence-electron chi connectivity index (χ3n) is 4.78. The number of benzene rings is 1. The number of anilines is 1. The number of nitrogens with one attached hydrogen (secondary N) is 1. The fourth-order valence-electron chi connectivity index (χ4n) is 3.46. The van der Waals surface area contributed by atoms with Crippen molar-refractivity contribution in [3.63, 3.8) is 0 Å². The quantitative estimate of drug-likeness (QED) is 0.864. The molecule has 0 spiro atoms. The van der Waals surface area contributed by atoms with E-state index < -0.39 is 0 Å². The molecular weight excluding hydrogens is 316 g/mol. The second kappa shape index (κ2) is 6.32. The molecule has 2 aliphatic rings. The van der Waals surface area contributed by atoms with E-state index in [1.54, 1.807) is 25.1 Å². The standard InChI is InChI=1S/C17H19ClN2O3/c1-10-13(18)7-4-8-14(10)19-15(21)9-20-16(22)11-5-2-3-6-12(11)17(20)23/h4,7-8,11-12H,2-3,5-6,9H2,1H3,(H,19,21)/t11-,12+. The minimum absolute atomic E-state index is 0.197. The first kappa shape index (κ1) is 16.0.